The predicted octanol–water partition coefficient (Wildman–Crippen LogP) is 0.727. The molecule has 1 amide bonds. The monoisotopic (exact) mass is 141 g/mol. The molecule has 1 aliphatic carbocycles. The smallest absolute Gasteiger partial charge is 0.247 e. The molecule has 2 N–H and O–H groups in total. The van der Waals surface area contributed by atoms with E-state index >= 15 is 0 Å². The number of amides is 1. The SMILES string of the molecule is CC(O)=CC(=O)NC1CC1. The highest BCUT2D eigenvalue weighted by Crippen LogP contribution is 2.18. The van der Waals surface area contributed by atoms with Gasteiger partial charge < -0.3 is 10.4 Å². The maximum Gasteiger partial charge on any atom is 0.247 e. The number of rotatable bonds is 2. The minimum absolute atomic E-state index is 0.0538. The molecule has 10 heavy (non-hydrogen) atoms. The quantitative estimate of drug-likeness (QED) is 0.440. The van der Waals surface area contributed by atoms with Crippen LogP contribution in [0.3, 0.4) is 0 Å². The summed E-state index contributed by atoms with van der Waals surface area (Å²) in [5, 5.41) is 11.4. The number of carbonyl (C=O) groups excluding carboxylic acids is 1. The normalized spacial score (nSPS) is 18.7. The van der Waals surface area contributed by atoms with Crippen molar-refractivity contribution in [3.05, 3.63) is 11.8 Å². The van der Waals surface area contributed by atoms with Crippen LogP contribution in [0.2, 0.25) is 0 Å². The zero-order chi connectivity index (χ0) is 7.56. The Morgan fingerprint density at radius 2 is 2.30 bits per heavy atom. The van der Waals surface area contributed by atoms with Gasteiger partial charge in [-0.15, -0.1) is 0 Å². The van der Waals surface area contributed by atoms with Gasteiger partial charge in [0.15, 0.2) is 0 Å². The molecule has 3 heteroatoms. The van der Waals surface area contributed by atoms with Crippen LogP contribution in [0.1, 0.15) is 19.8 Å². The lowest BCUT2D eigenvalue weighted by molar-refractivity contribution is -0.116. The topological polar surface area (TPSA) is 49.3 Å². The molecule has 0 radical (unpaired) electrons. The highest BCUT2D eigenvalue weighted by atomic mass is 16.3. The molecule has 0 aromatic rings. The van der Waals surface area contributed by atoms with Crippen LogP contribution in [0.15, 0.2) is 11.8 Å². The van der Waals surface area contributed by atoms with E-state index in [2.05, 4.69) is 5.32 Å². The molecular weight excluding hydrogens is 130 g/mol. The van der Waals surface area contributed by atoms with Crippen LogP contribution in [0.5, 0.6) is 0 Å². The second-order valence-electron chi connectivity index (χ2n) is 2.57. The Bertz CT molecular complexity index is 166. The van der Waals surface area contributed by atoms with E-state index in [1.54, 1.807) is 0 Å². The highest BCUT2D eigenvalue weighted by Gasteiger charge is 2.22. The molecule has 0 aromatic heterocycles. The van der Waals surface area contributed by atoms with Gasteiger partial charge in [-0.1, -0.05) is 0 Å². The summed E-state index contributed by atoms with van der Waals surface area (Å²) in [6.07, 6.45) is 3.34. The first-order valence-electron chi connectivity index (χ1n) is 3.36. The molecular formula is C7H11NO2. The fourth-order valence-corrected chi connectivity index (χ4v) is 0.660. The molecule has 1 rings (SSSR count). The third-order valence-electron chi connectivity index (χ3n) is 1.26. The Morgan fingerprint density at radius 1 is 1.70 bits per heavy atom. The van der Waals surface area contributed by atoms with Crippen LogP contribution in [0.4, 0.5) is 0 Å². The van der Waals surface area contributed by atoms with Gasteiger partial charge in [-0.3, -0.25) is 4.79 Å². The van der Waals surface area contributed by atoms with E-state index in [4.69, 9.17) is 5.11 Å². The zero-order valence-electron chi connectivity index (χ0n) is 5.92. The summed E-state index contributed by atoms with van der Waals surface area (Å²) in [6.45, 7) is 1.48. The zero-order valence-corrected chi connectivity index (χ0v) is 5.92. The fourth-order valence-electron chi connectivity index (χ4n) is 0.660. The molecule has 0 saturated heterocycles. The van der Waals surface area contributed by atoms with Crippen LogP contribution in [0, 0.1) is 0 Å². The number of hydrogen-bond acceptors (Lipinski definition) is 2. The van der Waals surface area contributed by atoms with Crippen LogP contribution in [-0.4, -0.2) is 17.1 Å². The first kappa shape index (κ1) is 7.12. The van der Waals surface area contributed by atoms with Gasteiger partial charge in [-0.25, -0.2) is 0 Å². The summed E-state index contributed by atoms with van der Waals surface area (Å²) in [5.41, 5.74) is 0. The summed E-state index contributed by atoms with van der Waals surface area (Å²) in [7, 11) is 0. The number of aliphatic hydroxyl groups excluding tert-OH is 1. The molecule has 1 fully saturated rings. The summed E-state index contributed by atoms with van der Waals surface area (Å²) >= 11 is 0. The average molecular weight is 141 g/mol. The van der Waals surface area contributed by atoms with E-state index in [9.17, 15) is 4.79 Å². The fraction of sp³-hybridized carbons (Fsp3) is 0.571. The Balaban J connectivity index is 2.26. The van der Waals surface area contributed by atoms with Gasteiger partial charge in [0, 0.05) is 12.1 Å². The number of hydrogen-bond donors (Lipinski definition) is 2. The van der Waals surface area contributed by atoms with Crippen molar-refractivity contribution in [2.24, 2.45) is 0 Å². The van der Waals surface area contributed by atoms with Crippen LogP contribution < -0.4 is 5.32 Å². The van der Waals surface area contributed by atoms with Crippen molar-refractivity contribution in [1.82, 2.24) is 5.32 Å². The van der Waals surface area contributed by atoms with Crippen molar-refractivity contribution in [3.8, 4) is 0 Å². The summed E-state index contributed by atoms with van der Waals surface area (Å²) < 4.78 is 0. The third kappa shape index (κ3) is 2.53. The van der Waals surface area contributed by atoms with Gasteiger partial charge in [-0.05, 0) is 19.8 Å². The van der Waals surface area contributed by atoms with Crippen molar-refractivity contribution in [2.75, 3.05) is 0 Å². The van der Waals surface area contributed by atoms with Crippen LogP contribution >= 0.6 is 0 Å². The second-order valence-corrected chi connectivity index (χ2v) is 2.57. The maximum atomic E-state index is 10.8. The number of allylic oxidation sites excluding steroid dienone is 1. The minimum atomic E-state index is -0.192. The predicted molar refractivity (Wildman–Crippen MR) is 37.6 cm³/mol. The van der Waals surface area contributed by atoms with Crippen molar-refractivity contribution in [1.29, 1.82) is 0 Å². The second kappa shape index (κ2) is 2.73. The third-order valence-corrected chi connectivity index (χ3v) is 1.26. The Hall–Kier alpha value is -0.990. The maximum absolute atomic E-state index is 10.8. The van der Waals surface area contributed by atoms with E-state index in [0.29, 0.717) is 6.04 Å². The Morgan fingerprint density at radius 3 is 2.70 bits per heavy atom. The molecule has 0 unspecified atom stereocenters. The van der Waals surface area contributed by atoms with Crippen molar-refractivity contribution in [3.63, 3.8) is 0 Å². The van der Waals surface area contributed by atoms with Crippen molar-refractivity contribution in [2.45, 2.75) is 25.8 Å². The van der Waals surface area contributed by atoms with Gasteiger partial charge in [0.1, 0.15) is 0 Å². The molecule has 0 aliphatic heterocycles. The van der Waals surface area contributed by atoms with Gasteiger partial charge >= 0.3 is 0 Å². The Kier molecular flexibility index (Phi) is 1.94. The molecule has 0 atom stereocenters. The van der Waals surface area contributed by atoms with Crippen molar-refractivity contribution >= 4 is 5.91 Å². The van der Waals surface area contributed by atoms with Gasteiger partial charge in [-0.2, -0.15) is 0 Å². The lowest BCUT2D eigenvalue weighted by Crippen LogP contribution is -2.23. The molecule has 3 nitrogen and oxygen atoms in total. The van der Waals surface area contributed by atoms with E-state index < -0.39 is 0 Å². The summed E-state index contributed by atoms with van der Waals surface area (Å²) in [5.74, 6) is -0.138. The lowest BCUT2D eigenvalue weighted by Gasteiger charge is -1.95. The van der Waals surface area contributed by atoms with Crippen molar-refractivity contribution < 1.29 is 9.90 Å². The summed E-state index contributed by atoms with van der Waals surface area (Å²) in [4.78, 5) is 10.8. The number of aliphatic hydroxyl groups is 1. The van der Waals surface area contributed by atoms with Gasteiger partial charge in [0.05, 0.1) is 5.76 Å². The lowest BCUT2D eigenvalue weighted by atomic mass is 10.4. The highest BCUT2D eigenvalue weighted by molar-refractivity contribution is 5.88. The van der Waals surface area contributed by atoms with E-state index in [0.717, 1.165) is 12.8 Å². The van der Waals surface area contributed by atoms with E-state index in [1.807, 2.05) is 0 Å². The molecule has 1 aliphatic rings. The van der Waals surface area contributed by atoms with E-state index in [1.165, 1.54) is 13.0 Å². The molecule has 0 heterocycles. The molecule has 0 aromatic carbocycles. The van der Waals surface area contributed by atoms with E-state index in [-0.39, 0.29) is 11.7 Å². The van der Waals surface area contributed by atoms with Crippen LogP contribution in [0.25, 0.3) is 0 Å². The first-order chi connectivity index (χ1) is 4.68. The molecule has 0 spiro atoms. The summed E-state index contributed by atoms with van der Waals surface area (Å²) in [6, 6.07) is 0.364. The number of nitrogens with one attached hydrogen (secondary N) is 1. The average Bonchev–Trinajstić information content (AvgIpc) is 2.46. The minimum Gasteiger partial charge on any atom is -0.512 e. The largest absolute Gasteiger partial charge is 0.512 e. The van der Waals surface area contributed by atoms with Crippen LogP contribution in [-0.2, 0) is 4.79 Å². The molecule has 56 valence electrons. The van der Waals surface area contributed by atoms with Gasteiger partial charge in [0.2, 0.25) is 5.91 Å². The number of carbonyl (C=O) groups is 1. The molecule has 1 saturated carbocycles. The van der Waals surface area contributed by atoms with Gasteiger partial charge in [0.25, 0.3) is 0 Å². The first-order valence-corrected chi connectivity index (χ1v) is 3.36. The Labute approximate surface area is 59.7 Å². The molecule has 0 bridgehead atoms. The standard InChI is InChI=1S/C7H11NO2/c1-5(9)4-7(10)8-6-2-3-6/h4,6,9H,2-3H2,1H3,(H,8,10).